The Balaban J connectivity index is 0.00000312. The third kappa shape index (κ3) is 6.28. The first-order chi connectivity index (χ1) is 11.4. The first-order valence-electron chi connectivity index (χ1n) is 8.46. The Kier molecular flexibility index (Phi) is 8.89. The van der Waals surface area contributed by atoms with Gasteiger partial charge in [-0.3, -0.25) is 9.59 Å². The van der Waals surface area contributed by atoms with Crippen LogP contribution in [-0.4, -0.2) is 35.3 Å². The van der Waals surface area contributed by atoms with Gasteiger partial charge in [-0.15, -0.1) is 12.4 Å². The van der Waals surface area contributed by atoms with Crippen molar-refractivity contribution in [1.29, 1.82) is 0 Å². The van der Waals surface area contributed by atoms with Gasteiger partial charge >= 0.3 is 0 Å². The molecule has 1 fully saturated rings. The molecule has 0 saturated carbocycles. The highest BCUT2D eigenvalue weighted by Crippen LogP contribution is 2.24. The van der Waals surface area contributed by atoms with Crippen LogP contribution >= 0.6 is 28.3 Å². The van der Waals surface area contributed by atoms with Gasteiger partial charge < -0.3 is 16.0 Å². The summed E-state index contributed by atoms with van der Waals surface area (Å²) in [5, 5.41) is 2.90. The van der Waals surface area contributed by atoms with E-state index in [0.29, 0.717) is 0 Å². The van der Waals surface area contributed by atoms with Gasteiger partial charge in [0, 0.05) is 30.0 Å². The molecule has 1 aromatic rings. The predicted molar refractivity (Wildman–Crippen MR) is 106 cm³/mol. The Morgan fingerprint density at radius 2 is 1.96 bits per heavy atom. The summed E-state index contributed by atoms with van der Waals surface area (Å²) in [5.41, 5.74) is 6.99. The molecule has 5 nitrogen and oxygen atoms in total. The van der Waals surface area contributed by atoms with Gasteiger partial charge in [-0.25, -0.2) is 0 Å². The van der Waals surface area contributed by atoms with E-state index in [1.165, 1.54) is 6.92 Å². The molecular formula is C18H27BrClN3O2. The van der Waals surface area contributed by atoms with E-state index in [1.54, 1.807) is 0 Å². The number of halogens is 2. The lowest BCUT2D eigenvalue weighted by Crippen LogP contribution is -2.52. The number of nitrogens with zero attached hydrogens (tertiary/aromatic N) is 1. The van der Waals surface area contributed by atoms with Crippen LogP contribution in [0.5, 0.6) is 0 Å². The number of rotatable bonds is 5. The lowest BCUT2D eigenvalue weighted by molar-refractivity contribution is -0.136. The van der Waals surface area contributed by atoms with Gasteiger partial charge in [0.1, 0.15) is 0 Å². The van der Waals surface area contributed by atoms with Crippen LogP contribution in [0.15, 0.2) is 28.7 Å². The molecule has 2 rings (SSSR count). The van der Waals surface area contributed by atoms with Gasteiger partial charge in [0.15, 0.2) is 0 Å². The zero-order valence-corrected chi connectivity index (χ0v) is 17.1. The number of amides is 2. The van der Waals surface area contributed by atoms with Crippen molar-refractivity contribution >= 4 is 40.2 Å². The zero-order valence-electron chi connectivity index (χ0n) is 14.7. The fourth-order valence-electron chi connectivity index (χ4n) is 3.30. The highest BCUT2D eigenvalue weighted by Gasteiger charge is 2.30. The molecule has 1 saturated heterocycles. The average Bonchev–Trinajstić information content (AvgIpc) is 2.54. The maximum atomic E-state index is 12.9. The molecule has 2 amide bonds. The molecule has 1 heterocycles. The van der Waals surface area contributed by atoms with Crippen LogP contribution in [0.4, 0.5) is 0 Å². The number of carbonyl (C=O) groups is 2. The fraction of sp³-hybridized carbons (Fsp3) is 0.556. The van der Waals surface area contributed by atoms with Gasteiger partial charge in [-0.05, 0) is 43.9 Å². The fourth-order valence-corrected chi connectivity index (χ4v) is 3.56. The number of carbonyl (C=O) groups excluding carboxylic acids is 2. The maximum absolute atomic E-state index is 12.9. The van der Waals surface area contributed by atoms with Crippen molar-refractivity contribution < 1.29 is 9.59 Å². The minimum absolute atomic E-state index is 0. The predicted octanol–water partition coefficient (Wildman–Crippen LogP) is 3.17. The number of piperidine rings is 1. The molecule has 1 aromatic carbocycles. The Morgan fingerprint density at radius 3 is 2.52 bits per heavy atom. The monoisotopic (exact) mass is 431 g/mol. The number of hydrogen-bond donors (Lipinski definition) is 2. The molecule has 7 heteroatoms. The Morgan fingerprint density at radius 1 is 1.32 bits per heavy atom. The third-order valence-corrected chi connectivity index (χ3v) is 5.03. The first kappa shape index (κ1) is 21.9. The number of nitrogens with one attached hydrogen (secondary N) is 1. The van der Waals surface area contributed by atoms with Crippen molar-refractivity contribution in [3.8, 4) is 0 Å². The van der Waals surface area contributed by atoms with E-state index in [9.17, 15) is 9.59 Å². The largest absolute Gasteiger partial charge is 0.349 e. The summed E-state index contributed by atoms with van der Waals surface area (Å²) < 4.78 is 0.965. The maximum Gasteiger partial charge on any atom is 0.225 e. The van der Waals surface area contributed by atoms with E-state index in [2.05, 4.69) is 21.2 Å². The molecule has 0 aliphatic carbocycles. The van der Waals surface area contributed by atoms with Crippen LogP contribution in [0.25, 0.3) is 0 Å². The molecule has 3 unspecified atom stereocenters. The van der Waals surface area contributed by atoms with Gasteiger partial charge in [0.05, 0.1) is 12.5 Å². The van der Waals surface area contributed by atoms with Gasteiger partial charge in [0.25, 0.3) is 0 Å². The van der Waals surface area contributed by atoms with Gasteiger partial charge in [-0.1, -0.05) is 28.1 Å². The summed E-state index contributed by atoms with van der Waals surface area (Å²) in [4.78, 5) is 26.3. The number of likely N-dealkylation sites (tertiary alicyclic amines) is 1. The molecule has 0 bridgehead atoms. The SMILES string of the molecule is CC(=O)NC(CC(=O)N1CCCCC1C(C)N)c1ccc(Br)cc1.Cl. The van der Waals surface area contributed by atoms with Crippen molar-refractivity contribution in [2.45, 2.75) is 57.7 Å². The number of benzene rings is 1. The first-order valence-corrected chi connectivity index (χ1v) is 9.25. The molecule has 3 N–H and O–H groups in total. The minimum atomic E-state index is -0.321. The van der Waals surface area contributed by atoms with E-state index in [4.69, 9.17) is 5.73 Å². The smallest absolute Gasteiger partial charge is 0.225 e. The Bertz CT molecular complexity index is 580. The second-order valence-electron chi connectivity index (χ2n) is 6.52. The molecule has 140 valence electrons. The molecular weight excluding hydrogens is 406 g/mol. The van der Waals surface area contributed by atoms with Gasteiger partial charge in [-0.2, -0.15) is 0 Å². The van der Waals surface area contributed by atoms with Crippen molar-refractivity contribution in [2.75, 3.05) is 6.54 Å². The Hall–Kier alpha value is -1.11. The second kappa shape index (κ2) is 10.1. The summed E-state index contributed by atoms with van der Waals surface area (Å²) >= 11 is 3.41. The highest BCUT2D eigenvalue weighted by molar-refractivity contribution is 9.10. The highest BCUT2D eigenvalue weighted by atomic mass is 79.9. The van der Waals surface area contributed by atoms with Gasteiger partial charge in [0.2, 0.25) is 11.8 Å². The molecule has 0 radical (unpaired) electrons. The molecule has 3 atom stereocenters. The van der Waals surface area contributed by atoms with Crippen LogP contribution in [0.2, 0.25) is 0 Å². The van der Waals surface area contributed by atoms with Crippen LogP contribution in [-0.2, 0) is 9.59 Å². The zero-order chi connectivity index (χ0) is 17.7. The van der Waals surface area contributed by atoms with E-state index in [-0.39, 0.29) is 48.8 Å². The topological polar surface area (TPSA) is 75.4 Å². The number of hydrogen-bond acceptors (Lipinski definition) is 3. The van der Waals surface area contributed by atoms with E-state index in [1.807, 2.05) is 36.1 Å². The minimum Gasteiger partial charge on any atom is -0.349 e. The van der Waals surface area contributed by atoms with Crippen LogP contribution in [0, 0.1) is 0 Å². The van der Waals surface area contributed by atoms with Crippen molar-refractivity contribution in [2.24, 2.45) is 5.73 Å². The molecule has 1 aliphatic heterocycles. The number of nitrogens with two attached hydrogens (primary N) is 1. The Labute approximate surface area is 164 Å². The normalized spacial score (nSPS) is 19.5. The van der Waals surface area contributed by atoms with Crippen LogP contribution < -0.4 is 11.1 Å². The molecule has 25 heavy (non-hydrogen) atoms. The lowest BCUT2D eigenvalue weighted by Gasteiger charge is -2.38. The molecule has 1 aliphatic rings. The van der Waals surface area contributed by atoms with E-state index < -0.39 is 0 Å². The summed E-state index contributed by atoms with van der Waals surface area (Å²) in [6, 6.07) is 7.42. The molecule has 0 spiro atoms. The van der Waals surface area contributed by atoms with Crippen LogP contribution in [0.3, 0.4) is 0 Å². The van der Waals surface area contributed by atoms with E-state index >= 15 is 0 Å². The standard InChI is InChI=1S/C18H26BrN3O2.ClH/c1-12(20)17-5-3-4-10-22(17)18(24)11-16(21-13(2)23)14-6-8-15(19)9-7-14;/h6-9,12,16-17H,3-5,10-11,20H2,1-2H3,(H,21,23);1H. The quantitative estimate of drug-likeness (QED) is 0.750. The van der Waals surface area contributed by atoms with Crippen molar-refractivity contribution in [1.82, 2.24) is 10.2 Å². The lowest BCUT2D eigenvalue weighted by atomic mass is 9.95. The van der Waals surface area contributed by atoms with Crippen LogP contribution in [0.1, 0.15) is 51.1 Å². The average molecular weight is 433 g/mol. The van der Waals surface area contributed by atoms with Crippen molar-refractivity contribution in [3.63, 3.8) is 0 Å². The molecule has 0 aromatic heterocycles. The second-order valence-corrected chi connectivity index (χ2v) is 7.43. The summed E-state index contributed by atoms with van der Waals surface area (Å²) in [7, 11) is 0. The van der Waals surface area contributed by atoms with Crippen molar-refractivity contribution in [3.05, 3.63) is 34.3 Å². The summed E-state index contributed by atoms with van der Waals surface area (Å²) in [6.45, 7) is 4.18. The summed E-state index contributed by atoms with van der Waals surface area (Å²) in [5.74, 6) is -0.0863. The third-order valence-electron chi connectivity index (χ3n) is 4.51. The summed E-state index contributed by atoms with van der Waals surface area (Å²) in [6.07, 6.45) is 3.33. The van der Waals surface area contributed by atoms with E-state index in [0.717, 1.165) is 35.8 Å².